The van der Waals surface area contributed by atoms with E-state index in [1.54, 1.807) is 12.1 Å². The molecule has 2 N–H and O–H groups in total. The molecule has 1 unspecified atom stereocenters. The molecule has 0 saturated heterocycles. The number of methoxy groups -OCH3 is 1. The minimum absolute atomic E-state index is 0.395. The summed E-state index contributed by atoms with van der Waals surface area (Å²) < 4.78 is 6.59. The third-order valence-electron chi connectivity index (χ3n) is 4.43. The molecule has 1 atom stereocenters. The van der Waals surface area contributed by atoms with Crippen LogP contribution in [0, 0.1) is 0 Å². The number of carbonyl (C=O) groups is 2. The van der Waals surface area contributed by atoms with Crippen LogP contribution in [0.3, 0.4) is 0 Å². The lowest BCUT2D eigenvalue weighted by molar-refractivity contribution is -0.143. The molecule has 0 aliphatic rings. The lowest BCUT2D eigenvalue weighted by Gasteiger charge is -2.14. The Kier molecular flexibility index (Phi) is 5.52. The molecule has 140 valence electrons. The number of ether oxygens (including phenoxy) is 1. The number of aliphatic hydroxyl groups excluding tert-OH is 1. The van der Waals surface area contributed by atoms with Crippen molar-refractivity contribution in [1.29, 1.82) is 0 Å². The van der Waals surface area contributed by atoms with Gasteiger partial charge in [0.05, 0.1) is 24.8 Å². The first-order valence-corrected chi connectivity index (χ1v) is 8.52. The van der Waals surface area contributed by atoms with E-state index in [2.05, 4.69) is 19.6 Å². The van der Waals surface area contributed by atoms with Crippen molar-refractivity contribution in [3.05, 3.63) is 65.5 Å². The third-order valence-corrected chi connectivity index (χ3v) is 4.43. The number of esters is 1. The summed E-state index contributed by atoms with van der Waals surface area (Å²) in [6.45, 7) is -0.525. The number of imidazole rings is 1. The Morgan fingerprint density at radius 2 is 1.89 bits per heavy atom. The van der Waals surface area contributed by atoms with Crippen molar-refractivity contribution >= 4 is 22.9 Å². The molecular formula is C20H21N3O4. The molecule has 0 bridgehead atoms. The fourth-order valence-corrected chi connectivity index (χ4v) is 2.87. The van der Waals surface area contributed by atoms with E-state index in [1.807, 2.05) is 43.4 Å². The normalized spacial score (nSPS) is 12.0. The highest BCUT2D eigenvalue weighted by atomic mass is 16.5. The maximum absolute atomic E-state index is 12.2. The fraction of sp³-hybridized carbons (Fsp3) is 0.250. The van der Waals surface area contributed by atoms with Gasteiger partial charge in [-0.2, -0.15) is 0 Å². The number of nitrogens with zero attached hydrogens (tertiary/aromatic N) is 2. The monoisotopic (exact) mass is 367 g/mol. The zero-order valence-corrected chi connectivity index (χ0v) is 15.2. The number of amides is 1. The van der Waals surface area contributed by atoms with Gasteiger partial charge in [-0.3, -0.25) is 4.79 Å². The molecule has 0 aliphatic heterocycles. The average Bonchev–Trinajstić information content (AvgIpc) is 3.01. The van der Waals surface area contributed by atoms with E-state index in [0.717, 1.165) is 22.4 Å². The van der Waals surface area contributed by atoms with Gasteiger partial charge >= 0.3 is 5.97 Å². The number of aliphatic hydroxyl groups is 1. The molecule has 1 amide bonds. The highest BCUT2D eigenvalue weighted by Crippen LogP contribution is 2.17. The molecule has 0 fully saturated rings. The molecule has 0 aliphatic carbocycles. The van der Waals surface area contributed by atoms with Gasteiger partial charge in [-0.1, -0.05) is 24.3 Å². The number of hydrogen-bond donors (Lipinski definition) is 2. The summed E-state index contributed by atoms with van der Waals surface area (Å²) in [5, 5.41) is 11.6. The zero-order chi connectivity index (χ0) is 19.4. The second-order valence-electron chi connectivity index (χ2n) is 6.18. The molecular weight excluding hydrogens is 346 g/mol. The van der Waals surface area contributed by atoms with Crippen molar-refractivity contribution in [2.24, 2.45) is 7.05 Å². The summed E-state index contributed by atoms with van der Waals surface area (Å²) in [6.07, 6.45) is 0.633. The van der Waals surface area contributed by atoms with E-state index in [9.17, 15) is 14.7 Å². The van der Waals surface area contributed by atoms with Gasteiger partial charge in [0.1, 0.15) is 5.82 Å². The van der Waals surface area contributed by atoms with E-state index >= 15 is 0 Å². The first-order valence-electron chi connectivity index (χ1n) is 8.52. The Hall–Kier alpha value is -3.19. The Morgan fingerprint density at radius 1 is 1.19 bits per heavy atom. The summed E-state index contributed by atoms with van der Waals surface area (Å²) in [4.78, 5) is 28.3. The van der Waals surface area contributed by atoms with Crippen LogP contribution in [0.2, 0.25) is 0 Å². The largest absolute Gasteiger partial charge is 0.467 e. The molecule has 3 rings (SSSR count). The van der Waals surface area contributed by atoms with Crippen LogP contribution >= 0.6 is 0 Å². The second-order valence-corrected chi connectivity index (χ2v) is 6.18. The summed E-state index contributed by atoms with van der Waals surface area (Å²) >= 11 is 0. The van der Waals surface area contributed by atoms with Crippen molar-refractivity contribution in [3.63, 3.8) is 0 Å². The summed E-state index contributed by atoms with van der Waals surface area (Å²) in [5.74, 6) is -0.211. The van der Waals surface area contributed by atoms with E-state index in [1.165, 1.54) is 7.11 Å². The van der Waals surface area contributed by atoms with Crippen LogP contribution in [0.4, 0.5) is 0 Å². The minimum Gasteiger partial charge on any atom is -0.467 e. The van der Waals surface area contributed by atoms with Gasteiger partial charge < -0.3 is 19.7 Å². The summed E-state index contributed by atoms with van der Waals surface area (Å²) in [6, 6.07) is 13.9. The number of carbonyl (C=O) groups excluding carboxylic acids is 2. The molecule has 0 saturated carbocycles. The summed E-state index contributed by atoms with van der Waals surface area (Å²) in [5.41, 5.74) is 3.42. The molecule has 1 heterocycles. The first kappa shape index (κ1) is 18.6. The maximum atomic E-state index is 12.2. The smallest absolute Gasteiger partial charge is 0.330 e. The number of para-hydroxylation sites is 2. The number of aryl methyl sites for hydroxylation is 1. The standard InChI is InChI=1S/C20H21N3O4/c1-23-17-6-4-3-5-15(17)21-18(23)11-13-7-9-14(10-8-13)19(25)22-16(12-24)20(26)27-2/h3-10,16,24H,11-12H2,1-2H3,(H,22,25). The van der Waals surface area contributed by atoms with Gasteiger partial charge in [0.25, 0.3) is 5.91 Å². The molecule has 3 aromatic rings. The first-order chi connectivity index (χ1) is 13.0. The third kappa shape index (κ3) is 3.98. The van der Waals surface area contributed by atoms with Gasteiger partial charge in [0.2, 0.25) is 0 Å². The molecule has 27 heavy (non-hydrogen) atoms. The van der Waals surface area contributed by atoms with Crippen LogP contribution in [0.15, 0.2) is 48.5 Å². The van der Waals surface area contributed by atoms with Crippen molar-refractivity contribution in [3.8, 4) is 0 Å². The number of rotatable bonds is 6. The average molecular weight is 367 g/mol. The highest BCUT2D eigenvalue weighted by Gasteiger charge is 2.21. The van der Waals surface area contributed by atoms with Crippen LogP contribution in [0.1, 0.15) is 21.7 Å². The van der Waals surface area contributed by atoms with Crippen LogP contribution in [0.5, 0.6) is 0 Å². The Bertz CT molecular complexity index is 963. The van der Waals surface area contributed by atoms with Crippen molar-refractivity contribution in [1.82, 2.24) is 14.9 Å². The molecule has 7 nitrogen and oxygen atoms in total. The fourth-order valence-electron chi connectivity index (χ4n) is 2.87. The molecule has 0 spiro atoms. The lowest BCUT2D eigenvalue weighted by Crippen LogP contribution is -2.44. The van der Waals surface area contributed by atoms with Gasteiger partial charge in [0.15, 0.2) is 6.04 Å². The molecule has 2 aromatic carbocycles. The predicted octanol–water partition coefficient (Wildman–Crippen LogP) is 1.43. The second kappa shape index (κ2) is 8.01. The van der Waals surface area contributed by atoms with Gasteiger partial charge in [-0.25, -0.2) is 9.78 Å². The van der Waals surface area contributed by atoms with Gasteiger partial charge in [-0.05, 0) is 29.8 Å². The molecule has 1 aromatic heterocycles. The van der Waals surface area contributed by atoms with E-state index in [0.29, 0.717) is 12.0 Å². The Labute approximate surface area is 156 Å². The van der Waals surface area contributed by atoms with Crippen molar-refractivity contribution in [2.45, 2.75) is 12.5 Å². The summed E-state index contributed by atoms with van der Waals surface area (Å²) in [7, 11) is 3.18. The van der Waals surface area contributed by atoms with E-state index < -0.39 is 24.5 Å². The number of aromatic nitrogens is 2. The van der Waals surface area contributed by atoms with Gasteiger partial charge in [0, 0.05) is 19.0 Å². The van der Waals surface area contributed by atoms with E-state index in [4.69, 9.17) is 0 Å². The van der Waals surface area contributed by atoms with Crippen LogP contribution in [-0.4, -0.2) is 46.3 Å². The van der Waals surface area contributed by atoms with Crippen LogP contribution in [-0.2, 0) is 23.0 Å². The molecule has 7 heteroatoms. The number of fused-ring (bicyclic) bond motifs is 1. The predicted molar refractivity (Wildman–Crippen MR) is 100 cm³/mol. The topological polar surface area (TPSA) is 93.4 Å². The molecule has 0 radical (unpaired) electrons. The Morgan fingerprint density at radius 3 is 2.52 bits per heavy atom. The van der Waals surface area contributed by atoms with Crippen LogP contribution < -0.4 is 5.32 Å². The van der Waals surface area contributed by atoms with Crippen molar-refractivity contribution in [2.75, 3.05) is 13.7 Å². The number of hydrogen-bond acceptors (Lipinski definition) is 5. The number of benzene rings is 2. The zero-order valence-electron chi connectivity index (χ0n) is 15.2. The van der Waals surface area contributed by atoms with E-state index in [-0.39, 0.29) is 0 Å². The highest BCUT2D eigenvalue weighted by molar-refractivity contribution is 5.96. The van der Waals surface area contributed by atoms with Gasteiger partial charge in [-0.15, -0.1) is 0 Å². The number of nitrogens with one attached hydrogen (secondary N) is 1. The Balaban J connectivity index is 1.72. The van der Waals surface area contributed by atoms with Crippen LogP contribution in [0.25, 0.3) is 11.0 Å². The van der Waals surface area contributed by atoms with Crippen molar-refractivity contribution < 1.29 is 19.4 Å². The SMILES string of the molecule is COC(=O)C(CO)NC(=O)c1ccc(Cc2nc3ccccc3n2C)cc1. The lowest BCUT2D eigenvalue weighted by atomic mass is 10.1. The maximum Gasteiger partial charge on any atom is 0.330 e. The quantitative estimate of drug-likeness (QED) is 0.643. The minimum atomic E-state index is -1.08.